The summed E-state index contributed by atoms with van der Waals surface area (Å²) in [6.45, 7) is 3.92. The summed E-state index contributed by atoms with van der Waals surface area (Å²) in [5.41, 5.74) is 1.38. The zero-order valence-electron chi connectivity index (χ0n) is 13.0. The van der Waals surface area contributed by atoms with E-state index < -0.39 is 0 Å². The van der Waals surface area contributed by atoms with Gasteiger partial charge in [0.1, 0.15) is 0 Å². The minimum Gasteiger partial charge on any atom is -0.385 e. The van der Waals surface area contributed by atoms with E-state index in [4.69, 9.17) is 4.74 Å². The minimum atomic E-state index is 0.397. The number of ether oxygens (including phenoxy) is 1. The van der Waals surface area contributed by atoms with Crippen LogP contribution in [-0.2, 0) is 17.7 Å². The van der Waals surface area contributed by atoms with Crippen LogP contribution in [-0.4, -0.2) is 29.3 Å². The third-order valence-electron chi connectivity index (χ3n) is 3.55. The number of aromatic nitrogens is 2. The Bertz CT molecular complexity index is 510. The molecule has 0 aliphatic heterocycles. The standard InChI is InChI=1S/C17H25N3O/c1-15(9-10-16-7-4-3-5-8-16)19-17-18-11-13-20(17)12-6-14-21-2/h3-5,7-8,11,13,15H,6,9-10,12,14H2,1-2H3,(H,18,19). The van der Waals surface area contributed by atoms with Gasteiger partial charge in [-0.15, -0.1) is 0 Å². The highest BCUT2D eigenvalue weighted by atomic mass is 16.5. The molecule has 0 bridgehead atoms. The molecule has 2 aromatic rings. The fourth-order valence-electron chi connectivity index (χ4n) is 2.33. The lowest BCUT2D eigenvalue weighted by Crippen LogP contribution is -2.19. The van der Waals surface area contributed by atoms with Gasteiger partial charge in [0.05, 0.1) is 0 Å². The van der Waals surface area contributed by atoms with Crippen LogP contribution in [0.25, 0.3) is 0 Å². The van der Waals surface area contributed by atoms with E-state index in [1.807, 2.05) is 12.4 Å². The summed E-state index contributed by atoms with van der Waals surface area (Å²) in [7, 11) is 1.73. The Morgan fingerprint density at radius 3 is 2.86 bits per heavy atom. The van der Waals surface area contributed by atoms with Crippen LogP contribution in [0.4, 0.5) is 5.95 Å². The van der Waals surface area contributed by atoms with Crippen LogP contribution in [0, 0.1) is 0 Å². The Kier molecular flexibility index (Phi) is 6.28. The summed E-state index contributed by atoms with van der Waals surface area (Å²) in [5, 5.41) is 3.50. The number of rotatable bonds is 9. The maximum absolute atomic E-state index is 5.09. The van der Waals surface area contributed by atoms with Crippen molar-refractivity contribution in [3.63, 3.8) is 0 Å². The number of benzene rings is 1. The van der Waals surface area contributed by atoms with E-state index in [9.17, 15) is 0 Å². The summed E-state index contributed by atoms with van der Waals surface area (Å²) in [5.74, 6) is 0.951. The topological polar surface area (TPSA) is 39.1 Å². The summed E-state index contributed by atoms with van der Waals surface area (Å²) in [6, 6.07) is 11.0. The molecule has 0 saturated carbocycles. The quantitative estimate of drug-likeness (QED) is 0.719. The van der Waals surface area contributed by atoms with Gasteiger partial charge in [-0.2, -0.15) is 0 Å². The summed E-state index contributed by atoms with van der Waals surface area (Å²) < 4.78 is 7.25. The van der Waals surface area contributed by atoms with Gasteiger partial charge >= 0.3 is 0 Å². The SMILES string of the molecule is COCCCn1ccnc1NC(C)CCc1ccccc1. The van der Waals surface area contributed by atoms with Gasteiger partial charge in [0, 0.05) is 38.7 Å². The van der Waals surface area contributed by atoms with Crippen LogP contribution in [0.5, 0.6) is 0 Å². The molecule has 1 N–H and O–H groups in total. The zero-order chi connectivity index (χ0) is 14.9. The number of nitrogens with zero attached hydrogens (tertiary/aromatic N) is 2. The highest BCUT2D eigenvalue weighted by Gasteiger charge is 2.07. The first-order valence-electron chi connectivity index (χ1n) is 7.60. The molecule has 4 heteroatoms. The monoisotopic (exact) mass is 287 g/mol. The van der Waals surface area contributed by atoms with Crippen molar-refractivity contribution < 1.29 is 4.74 Å². The fraction of sp³-hybridized carbons (Fsp3) is 0.471. The molecule has 0 saturated heterocycles. The number of hydrogen-bond acceptors (Lipinski definition) is 3. The second-order valence-electron chi connectivity index (χ2n) is 5.36. The molecule has 0 fully saturated rings. The van der Waals surface area contributed by atoms with Gasteiger partial charge in [0.2, 0.25) is 5.95 Å². The average Bonchev–Trinajstić information content (AvgIpc) is 2.94. The lowest BCUT2D eigenvalue weighted by atomic mass is 10.1. The highest BCUT2D eigenvalue weighted by molar-refractivity contribution is 5.27. The molecule has 1 heterocycles. The molecule has 1 aromatic heterocycles. The van der Waals surface area contributed by atoms with Crippen LogP contribution >= 0.6 is 0 Å². The zero-order valence-corrected chi connectivity index (χ0v) is 13.0. The molecule has 0 amide bonds. The molecule has 0 spiro atoms. The van der Waals surface area contributed by atoms with Crippen molar-refractivity contribution in [2.75, 3.05) is 19.0 Å². The number of hydrogen-bond donors (Lipinski definition) is 1. The smallest absolute Gasteiger partial charge is 0.202 e. The van der Waals surface area contributed by atoms with Crippen molar-refractivity contribution in [2.24, 2.45) is 0 Å². The lowest BCUT2D eigenvalue weighted by molar-refractivity contribution is 0.190. The third kappa shape index (κ3) is 5.23. The van der Waals surface area contributed by atoms with Crippen molar-refractivity contribution in [1.82, 2.24) is 9.55 Å². The molecular weight excluding hydrogens is 262 g/mol. The Hall–Kier alpha value is -1.81. The molecule has 1 aromatic carbocycles. The fourth-order valence-corrected chi connectivity index (χ4v) is 2.33. The van der Waals surface area contributed by atoms with E-state index in [1.54, 1.807) is 7.11 Å². The van der Waals surface area contributed by atoms with E-state index in [2.05, 4.69) is 52.1 Å². The second kappa shape index (κ2) is 8.47. The third-order valence-corrected chi connectivity index (χ3v) is 3.55. The summed E-state index contributed by atoms with van der Waals surface area (Å²) in [4.78, 5) is 4.40. The van der Waals surface area contributed by atoms with Crippen LogP contribution in [0.3, 0.4) is 0 Å². The van der Waals surface area contributed by atoms with Gasteiger partial charge in [0.15, 0.2) is 0 Å². The maximum Gasteiger partial charge on any atom is 0.202 e. The number of nitrogens with one attached hydrogen (secondary N) is 1. The predicted octanol–water partition coefficient (Wildman–Crippen LogP) is 3.35. The van der Waals surface area contributed by atoms with Gasteiger partial charge in [-0.25, -0.2) is 4.98 Å². The van der Waals surface area contributed by atoms with Crippen molar-refractivity contribution in [1.29, 1.82) is 0 Å². The molecule has 1 unspecified atom stereocenters. The molecule has 2 rings (SSSR count). The van der Waals surface area contributed by atoms with E-state index in [0.717, 1.165) is 38.4 Å². The van der Waals surface area contributed by atoms with Crippen LogP contribution in [0.1, 0.15) is 25.3 Å². The second-order valence-corrected chi connectivity index (χ2v) is 5.36. The average molecular weight is 287 g/mol. The molecule has 21 heavy (non-hydrogen) atoms. The lowest BCUT2D eigenvalue weighted by Gasteiger charge is -2.16. The Morgan fingerprint density at radius 2 is 2.10 bits per heavy atom. The van der Waals surface area contributed by atoms with Gasteiger partial charge < -0.3 is 14.6 Å². The highest BCUT2D eigenvalue weighted by Crippen LogP contribution is 2.11. The molecule has 1 atom stereocenters. The van der Waals surface area contributed by atoms with Crippen LogP contribution < -0.4 is 5.32 Å². The largest absolute Gasteiger partial charge is 0.385 e. The molecule has 4 nitrogen and oxygen atoms in total. The Labute approximate surface area is 127 Å². The molecule has 114 valence electrons. The maximum atomic E-state index is 5.09. The van der Waals surface area contributed by atoms with Crippen LogP contribution in [0.15, 0.2) is 42.7 Å². The molecule has 0 radical (unpaired) electrons. The van der Waals surface area contributed by atoms with Crippen molar-refractivity contribution in [2.45, 2.75) is 38.8 Å². The van der Waals surface area contributed by atoms with Crippen molar-refractivity contribution in [3.05, 3.63) is 48.3 Å². The van der Waals surface area contributed by atoms with Gasteiger partial charge in [-0.1, -0.05) is 30.3 Å². The number of anilines is 1. The normalized spacial score (nSPS) is 12.3. The number of imidazole rings is 1. The van der Waals surface area contributed by atoms with Gasteiger partial charge in [-0.3, -0.25) is 0 Å². The van der Waals surface area contributed by atoms with Crippen molar-refractivity contribution in [3.8, 4) is 0 Å². The van der Waals surface area contributed by atoms with E-state index in [1.165, 1.54) is 5.56 Å². The minimum absolute atomic E-state index is 0.397. The van der Waals surface area contributed by atoms with Gasteiger partial charge in [0.25, 0.3) is 0 Å². The first-order valence-corrected chi connectivity index (χ1v) is 7.60. The van der Waals surface area contributed by atoms with E-state index in [0.29, 0.717) is 6.04 Å². The molecular formula is C17H25N3O. The number of methoxy groups -OCH3 is 1. The van der Waals surface area contributed by atoms with Gasteiger partial charge in [-0.05, 0) is 31.7 Å². The van der Waals surface area contributed by atoms with E-state index >= 15 is 0 Å². The molecule has 0 aliphatic carbocycles. The first-order chi connectivity index (χ1) is 10.3. The summed E-state index contributed by atoms with van der Waals surface area (Å²) >= 11 is 0. The van der Waals surface area contributed by atoms with E-state index in [-0.39, 0.29) is 0 Å². The number of aryl methyl sites for hydroxylation is 2. The summed E-state index contributed by atoms with van der Waals surface area (Å²) in [6.07, 6.45) is 7.04. The first kappa shape index (κ1) is 15.6. The molecule has 0 aliphatic rings. The van der Waals surface area contributed by atoms with Crippen LogP contribution in [0.2, 0.25) is 0 Å². The van der Waals surface area contributed by atoms with Crippen molar-refractivity contribution >= 4 is 5.95 Å². The predicted molar refractivity (Wildman–Crippen MR) is 86.6 cm³/mol. The Balaban J connectivity index is 1.79. The Morgan fingerprint density at radius 1 is 1.29 bits per heavy atom.